The largest absolute Gasteiger partial charge is 0.466 e. The second-order valence-electron chi connectivity index (χ2n) is 5.66. The molecule has 8 nitrogen and oxygen atoms in total. The van der Waals surface area contributed by atoms with Gasteiger partial charge in [-0.25, -0.2) is 0 Å². The lowest BCUT2D eigenvalue weighted by atomic mass is 9.96. The van der Waals surface area contributed by atoms with Crippen LogP contribution in [0.1, 0.15) is 19.8 Å². The summed E-state index contributed by atoms with van der Waals surface area (Å²) in [6.45, 7) is 3.85. The molecule has 0 bridgehead atoms. The number of rotatable bonds is 6. The number of hydrazone groups is 1. The molecule has 0 spiro atoms. The zero-order chi connectivity index (χ0) is 18.2. The van der Waals surface area contributed by atoms with E-state index in [2.05, 4.69) is 15.4 Å². The van der Waals surface area contributed by atoms with Crippen LogP contribution in [-0.4, -0.2) is 37.2 Å². The minimum atomic E-state index is -0.379. The summed E-state index contributed by atoms with van der Waals surface area (Å²) in [5, 5.41) is 19.8. The summed E-state index contributed by atoms with van der Waals surface area (Å²) in [5.74, 6) is -0.489. The van der Waals surface area contributed by atoms with Crippen LogP contribution in [0, 0.1) is 22.7 Å². The third-order valence-electron chi connectivity index (χ3n) is 4.01. The number of benzene rings is 1. The van der Waals surface area contributed by atoms with Gasteiger partial charge >= 0.3 is 5.97 Å². The fraction of sp³-hybridized carbons (Fsp3) is 0.412. The average Bonchev–Trinajstić information content (AvgIpc) is 2.63. The van der Waals surface area contributed by atoms with Gasteiger partial charge in [0.2, 0.25) is 5.71 Å². The first-order valence-electron chi connectivity index (χ1n) is 8.15. The van der Waals surface area contributed by atoms with Gasteiger partial charge in [-0.2, -0.15) is 10.4 Å². The SMILES string of the molecule is CCOC(=O)C1CCN(c2ccc(N/N=C(\C#N)C(=N)N)cc2)CC1. The van der Waals surface area contributed by atoms with Gasteiger partial charge < -0.3 is 15.4 Å². The standard InChI is InChI=1S/C17H22N6O2/c1-2-25-17(24)12-7-9-23(10-8-12)14-5-3-13(4-6-14)21-22-15(11-18)16(19)20/h3-6,12,21H,2,7-10H2,1H3,(H3,19,20)/b22-15+. The highest BCUT2D eigenvalue weighted by Crippen LogP contribution is 2.25. The highest BCUT2D eigenvalue weighted by Gasteiger charge is 2.25. The van der Waals surface area contributed by atoms with E-state index in [1.807, 2.05) is 31.2 Å². The predicted molar refractivity (Wildman–Crippen MR) is 96.6 cm³/mol. The normalized spacial score (nSPS) is 15.4. The molecule has 0 amide bonds. The maximum absolute atomic E-state index is 11.8. The molecule has 2 rings (SSSR count). The Kier molecular flexibility index (Phi) is 6.34. The summed E-state index contributed by atoms with van der Waals surface area (Å²) in [4.78, 5) is 14.0. The van der Waals surface area contributed by atoms with Crippen LogP contribution in [-0.2, 0) is 9.53 Å². The number of nitrogens with one attached hydrogen (secondary N) is 2. The number of amidine groups is 1. The summed E-state index contributed by atoms with van der Waals surface area (Å²) in [5.41, 5.74) is 9.53. The molecule has 1 saturated heterocycles. The molecule has 0 saturated carbocycles. The molecule has 0 radical (unpaired) electrons. The third-order valence-corrected chi connectivity index (χ3v) is 4.01. The first-order chi connectivity index (χ1) is 12.0. The number of carbonyl (C=O) groups is 1. The van der Waals surface area contributed by atoms with Crippen LogP contribution < -0.4 is 16.1 Å². The van der Waals surface area contributed by atoms with Gasteiger partial charge in [-0.05, 0) is 44.0 Å². The number of nitrogens with two attached hydrogens (primary N) is 1. The molecule has 4 N–H and O–H groups in total. The Labute approximate surface area is 146 Å². The van der Waals surface area contributed by atoms with Crippen LogP contribution in [0.15, 0.2) is 29.4 Å². The van der Waals surface area contributed by atoms with Crippen molar-refractivity contribution in [2.24, 2.45) is 16.8 Å². The van der Waals surface area contributed by atoms with Crippen molar-refractivity contribution >= 4 is 28.9 Å². The van der Waals surface area contributed by atoms with Crippen LogP contribution in [0.2, 0.25) is 0 Å². The predicted octanol–water partition coefficient (Wildman–Crippen LogP) is 1.69. The Morgan fingerprint density at radius 2 is 2.08 bits per heavy atom. The van der Waals surface area contributed by atoms with Gasteiger partial charge in [0.1, 0.15) is 6.07 Å². The molecule has 1 aliphatic rings. The molecule has 132 valence electrons. The number of carbonyl (C=O) groups excluding carboxylic acids is 1. The van der Waals surface area contributed by atoms with Gasteiger partial charge in [0.25, 0.3) is 0 Å². The number of anilines is 2. The number of esters is 1. The summed E-state index contributed by atoms with van der Waals surface area (Å²) in [6, 6.07) is 9.32. The Morgan fingerprint density at radius 1 is 1.44 bits per heavy atom. The maximum atomic E-state index is 11.8. The molecular weight excluding hydrogens is 320 g/mol. The molecule has 1 aromatic carbocycles. The van der Waals surface area contributed by atoms with E-state index >= 15 is 0 Å². The monoisotopic (exact) mass is 342 g/mol. The fourth-order valence-corrected chi connectivity index (χ4v) is 2.65. The Bertz CT molecular complexity index is 684. The second kappa shape index (κ2) is 8.68. The number of ether oxygens (including phenoxy) is 1. The van der Waals surface area contributed by atoms with Crippen molar-refractivity contribution < 1.29 is 9.53 Å². The molecule has 1 aliphatic heterocycles. The van der Waals surface area contributed by atoms with Crippen LogP contribution in [0.5, 0.6) is 0 Å². The van der Waals surface area contributed by atoms with E-state index in [4.69, 9.17) is 21.1 Å². The molecule has 1 aromatic rings. The van der Waals surface area contributed by atoms with E-state index in [0.717, 1.165) is 31.6 Å². The number of piperidine rings is 1. The fourth-order valence-electron chi connectivity index (χ4n) is 2.65. The van der Waals surface area contributed by atoms with E-state index in [-0.39, 0.29) is 23.4 Å². The first kappa shape index (κ1) is 18.3. The summed E-state index contributed by atoms with van der Waals surface area (Å²) in [7, 11) is 0. The lowest BCUT2D eigenvalue weighted by Crippen LogP contribution is -2.36. The van der Waals surface area contributed by atoms with Crippen LogP contribution in [0.4, 0.5) is 11.4 Å². The van der Waals surface area contributed by atoms with Crippen molar-refractivity contribution in [3.63, 3.8) is 0 Å². The number of nitrogens with zero attached hydrogens (tertiary/aromatic N) is 3. The molecule has 0 aliphatic carbocycles. The van der Waals surface area contributed by atoms with Gasteiger partial charge in [0, 0.05) is 18.8 Å². The summed E-state index contributed by atoms with van der Waals surface area (Å²) >= 11 is 0. The Morgan fingerprint density at radius 3 is 2.60 bits per heavy atom. The Balaban J connectivity index is 1.92. The lowest BCUT2D eigenvalue weighted by Gasteiger charge is -2.32. The zero-order valence-corrected chi connectivity index (χ0v) is 14.2. The van der Waals surface area contributed by atoms with Crippen LogP contribution in [0.25, 0.3) is 0 Å². The quantitative estimate of drug-likeness (QED) is 0.312. The van der Waals surface area contributed by atoms with E-state index in [9.17, 15) is 4.79 Å². The molecule has 1 heterocycles. The van der Waals surface area contributed by atoms with Crippen LogP contribution >= 0.6 is 0 Å². The molecule has 25 heavy (non-hydrogen) atoms. The van der Waals surface area contributed by atoms with Crippen molar-refractivity contribution in [1.29, 1.82) is 10.7 Å². The van der Waals surface area contributed by atoms with E-state index in [1.54, 1.807) is 6.07 Å². The van der Waals surface area contributed by atoms with Gasteiger partial charge in [-0.3, -0.25) is 15.6 Å². The van der Waals surface area contributed by atoms with E-state index in [0.29, 0.717) is 12.3 Å². The van der Waals surface area contributed by atoms with E-state index in [1.165, 1.54) is 0 Å². The van der Waals surface area contributed by atoms with Crippen molar-refractivity contribution in [1.82, 2.24) is 0 Å². The second-order valence-corrected chi connectivity index (χ2v) is 5.66. The molecule has 0 unspecified atom stereocenters. The molecular formula is C17H22N6O2. The zero-order valence-electron chi connectivity index (χ0n) is 14.2. The molecule has 0 aromatic heterocycles. The van der Waals surface area contributed by atoms with Gasteiger partial charge in [-0.15, -0.1) is 0 Å². The van der Waals surface area contributed by atoms with Crippen LogP contribution in [0.3, 0.4) is 0 Å². The minimum absolute atomic E-state index is 0.0116. The van der Waals surface area contributed by atoms with Gasteiger partial charge in [0.15, 0.2) is 5.84 Å². The number of hydrogen-bond donors (Lipinski definition) is 3. The highest BCUT2D eigenvalue weighted by molar-refractivity contribution is 6.45. The smallest absolute Gasteiger partial charge is 0.309 e. The minimum Gasteiger partial charge on any atom is -0.466 e. The van der Waals surface area contributed by atoms with Crippen molar-refractivity contribution in [3.8, 4) is 6.07 Å². The molecule has 1 fully saturated rings. The van der Waals surface area contributed by atoms with Gasteiger partial charge in [0.05, 0.1) is 18.2 Å². The first-order valence-corrected chi connectivity index (χ1v) is 8.15. The van der Waals surface area contributed by atoms with Crippen molar-refractivity contribution in [2.75, 3.05) is 30.0 Å². The topological polar surface area (TPSA) is 128 Å². The lowest BCUT2D eigenvalue weighted by molar-refractivity contribution is -0.148. The number of hydrogen-bond acceptors (Lipinski definition) is 7. The van der Waals surface area contributed by atoms with E-state index < -0.39 is 0 Å². The van der Waals surface area contributed by atoms with Crippen molar-refractivity contribution in [3.05, 3.63) is 24.3 Å². The number of nitriles is 1. The average molecular weight is 342 g/mol. The summed E-state index contributed by atoms with van der Waals surface area (Å²) < 4.78 is 5.09. The molecule has 8 heteroatoms. The molecule has 0 atom stereocenters. The summed E-state index contributed by atoms with van der Waals surface area (Å²) in [6.07, 6.45) is 1.57. The van der Waals surface area contributed by atoms with Crippen molar-refractivity contribution in [2.45, 2.75) is 19.8 Å². The third kappa shape index (κ3) is 4.94. The Hall–Kier alpha value is -3.08. The highest BCUT2D eigenvalue weighted by atomic mass is 16.5. The maximum Gasteiger partial charge on any atom is 0.309 e. The van der Waals surface area contributed by atoms with Gasteiger partial charge in [-0.1, -0.05) is 0 Å².